The second-order valence-electron chi connectivity index (χ2n) is 9.99. The Labute approximate surface area is 213 Å². The number of carbonyl (C=O) groups is 3. The molecule has 0 aliphatic carbocycles. The van der Waals surface area contributed by atoms with Crippen LogP contribution in [0.1, 0.15) is 36.8 Å². The van der Waals surface area contributed by atoms with Crippen LogP contribution in [0.5, 0.6) is 0 Å². The van der Waals surface area contributed by atoms with Crippen molar-refractivity contribution in [2.45, 2.75) is 37.6 Å². The van der Waals surface area contributed by atoms with Crippen LogP contribution in [0.4, 0.5) is 0 Å². The number of methoxy groups -OCH3 is 1. The average Bonchev–Trinajstić information content (AvgIpc) is 3.14. The summed E-state index contributed by atoms with van der Waals surface area (Å²) >= 11 is 0. The zero-order valence-corrected chi connectivity index (χ0v) is 21.3. The van der Waals surface area contributed by atoms with Crippen LogP contribution < -0.4 is 0 Å². The molecule has 8 heteroatoms. The van der Waals surface area contributed by atoms with Crippen molar-refractivity contribution >= 4 is 17.7 Å². The van der Waals surface area contributed by atoms with Crippen LogP contribution in [0.25, 0.3) is 0 Å². The van der Waals surface area contributed by atoms with E-state index in [1.165, 1.54) is 4.90 Å². The molecule has 1 aromatic heterocycles. The fourth-order valence-corrected chi connectivity index (χ4v) is 5.35. The molecule has 0 spiro atoms. The number of likely N-dealkylation sites (tertiary alicyclic amines) is 2. The van der Waals surface area contributed by atoms with Gasteiger partial charge >= 0.3 is 0 Å². The number of amides is 3. The van der Waals surface area contributed by atoms with E-state index in [1.807, 2.05) is 37.4 Å². The largest absolute Gasteiger partial charge is 0.383 e. The first kappa shape index (κ1) is 26.0. The number of imide groups is 1. The Balaban J connectivity index is 1.46. The van der Waals surface area contributed by atoms with E-state index < -0.39 is 5.41 Å². The van der Waals surface area contributed by atoms with Crippen molar-refractivity contribution < 1.29 is 19.1 Å². The fourth-order valence-electron chi connectivity index (χ4n) is 5.35. The van der Waals surface area contributed by atoms with Crippen LogP contribution in [0, 0.1) is 5.92 Å². The summed E-state index contributed by atoms with van der Waals surface area (Å²) in [7, 11) is 3.53. The maximum atomic E-state index is 13.8. The van der Waals surface area contributed by atoms with Gasteiger partial charge in [0.2, 0.25) is 17.7 Å². The van der Waals surface area contributed by atoms with Gasteiger partial charge in [0.25, 0.3) is 0 Å². The maximum Gasteiger partial charge on any atom is 0.241 e. The summed E-state index contributed by atoms with van der Waals surface area (Å²) in [4.78, 5) is 49.9. The maximum absolute atomic E-state index is 13.8. The highest BCUT2D eigenvalue weighted by Crippen LogP contribution is 2.41. The summed E-state index contributed by atoms with van der Waals surface area (Å²) in [5.41, 5.74) is 0.366. The standard InChI is InChI=1S/C28H36N4O4/c1-30(20-23-10-14-31(15-11-23)16-17-36-2)25(33)18-28(24-6-4-3-5-7-24)19-26(34)32(27(28)35)21-22-8-12-29-13-9-22/h3-9,12-13,23H,10-11,14-21H2,1-2H3. The summed E-state index contributed by atoms with van der Waals surface area (Å²) in [5, 5.41) is 0. The van der Waals surface area contributed by atoms with Crippen molar-refractivity contribution in [2.24, 2.45) is 5.92 Å². The summed E-state index contributed by atoms with van der Waals surface area (Å²) in [5.74, 6) is -0.231. The van der Waals surface area contributed by atoms with Crippen molar-refractivity contribution in [2.75, 3.05) is 46.9 Å². The fraction of sp³-hybridized carbons (Fsp3) is 0.500. The molecule has 8 nitrogen and oxygen atoms in total. The molecule has 1 aromatic carbocycles. The van der Waals surface area contributed by atoms with E-state index >= 15 is 0 Å². The molecule has 192 valence electrons. The molecule has 0 bridgehead atoms. The smallest absolute Gasteiger partial charge is 0.241 e. The monoisotopic (exact) mass is 492 g/mol. The molecule has 0 radical (unpaired) electrons. The van der Waals surface area contributed by atoms with E-state index in [2.05, 4.69) is 9.88 Å². The number of ether oxygens (including phenoxy) is 1. The van der Waals surface area contributed by atoms with Crippen LogP contribution in [0.3, 0.4) is 0 Å². The quantitative estimate of drug-likeness (QED) is 0.474. The lowest BCUT2D eigenvalue weighted by Gasteiger charge is -2.35. The number of benzene rings is 1. The van der Waals surface area contributed by atoms with Gasteiger partial charge in [-0.05, 0) is 55.1 Å². The molecule has 0 saturated carbocycles. The van der Waals surface area contributed by atoms with Gasteiger partial charge in [0.1, 0.15) is 0 Å². The molecule has 1 atom stereocenters. The highest BCUT2D eigenvalue weighted by atomic mass is 16.5. The van der Waals surface area contributed by atoms with E-state index in [1.54, 1.807) is 36.5 Å². The SMILES string of the molecule is COCCN1CCC(CN(C)C(=O)CC2(c3ccccc3)CC(=O)N(Cc3ccncc3)C2=O)CC1. The predicted octanol–water partition coefficient (Wildman–Crippen LogP) is 2.49. The van der Waals surface area contributed by atoms with Crippen LogP contribution >= 0.6 is 0 Å². The molecule has 4 rings (SSSR count). The second-order valence-corrected chi connectivity index (χ2v) is 9.99. The van der Waals surface area contributed by atoms with Crippen molar-refractivity contribution in [1.29, 1.82) is 0 Å². The molecule has 3 amide bonds. The minimum Gasteiger partial charge on any atom is -0.383 e. The number of nitrogens with zero attached hydrogens (tertiary/aromatic N) is 4. The first-order chi connectivity index (χ1) is 17.4. The Morgan fingerprint density at radius 3 is 2.47 bits per heavy atom. The van der Waals surface area contributed by atoms with Crippen molar-refractivity contribution in [3.63, 3.8) is 0 Å². The Kier molecular flexibility index (Phi) is 8.48. The molecular formula is C28H36N4O4. The minimum absolute atomic E-state index is 0.00159. The molecule has 2 aliphatic rings. The van der Waals surface area contributed by atoms with Crippen LogP contribution in [-0.4, -0.2) is 84.3 Å². The molecule has 0 N–H and O–H groups in total. The molecule has 2 aliphatic heterocycles. The van der Waals surface area contributed by atoms with E-state index in [-0.39, 0.29) is 37.1 Å². The van der Waals surface area contributed by atoms with Gasteiger partial charge in [-0.3, -0.25) is 24.3 Å². The van der Waals surface area contributed by atoms with Gasteiger partial charge in [0.05, 0.1) is 18.6 Å². The Hall–Kier alpha value is -3.10. The molecular weight excluding hydrogens is 456 g/mol. The predicted molar refractivity (Wildman–Crippen MR) is 136 cm³/mol. The second kappa shape index (κ2) is 11.8. The zero-order valence-electron chi connectivity index (χ0n) is 21.3. The highest BCUT2D eigenvalue weighted by Gasteiger charge is 2.53. The lowest BCUT2D eigenvalue weighted by Crippen LogP contribution is -2.44. The third-order valence-corrected chi connectivity index (χ3v) is 7.55. The van der Waals surface area contributed by atoms with Gasteiger partial charge in [0.15, 0.2) is 0 Å². The topological polar surface area (TPSA) is 83.1 Å². The summed E-state index contributed by atoms with van der Waals surface area (Å²) in [6.07, 6.45) is 5.33. The summed E-state index contributed by atoms with van der Waals surface area (Å²) < 4.78 is 5.18. The number of aromatic nitrogens is 1. The Bertz CT molecular complexity index is 1040. The number of hydrogen-bond donors (Lipinski definition) is 0. The number of rotatable bonds is 10. The van der Waals surface area contributed by atoms with Crippen molar-refractivity contribution in [3.8, 4) is 0 Å². The summed E-state index contributed by atoms with van der Waals surface area (Å²) in [6.45, 7) is 4.51. The van der Waals surface area contributed by atoms with Gasteiger partial charge in [-0.25, -0.2) is 0 Å². The van der Waals surface area contributed by atoms with Crippen LogP contribution in [-0.2, 0) is 31.1 Å². The molecule has 3 heterocycles. The number of hydrogen-bond acceptors (Lipinski definition) is 6. The van der Waals surface area contributed by atoms with E-state index in [4.69, 9.17) is 4.74 Å². The first-order valence-corrected chi connectivity index (χ1v) is 12.7. The van der Waals surface area contributed by atoms with E-state index in [0.717, 1.165) is 44.6 Å². The van der Waals surface area contributed by atoms with E-state index in [0.29, 0.717) is 18.0 Å². The Morgan fingerprint density at radius 1 is 1.11 bits per heavy atom. The van der Waals surface area contributed by atoms with Gasteiger partial charge < -0.3 is 14.5 Å². The van der Waals surface area contributed by atoms with Gasteiger partial charge in [0, 0.05) is 52.5 Å². The third kappa shape index (κ3) is 5.82. The third-order valence-electron chi connectivity index (χ3n) is 7.55. The lowest BCUT2D eigenvalue weighted by molar-refractivity contribution is -0.143. The molecule has 2 fully saturated rings. The highest BCUT2D eigenvalue weighted by molar-refractivity contribution is 6.10. The van der Waals surface area contributed by atoms with E-state index in [9.17, 15) is 14.4 Å². The van der Waals surface area contributed by atoms with Crippen molar-refractivity contribution in [1.82, 2.24) is 19.7 Å². The minimum atomic E-state index is -1.18. The van der Waals surface area contributed by atoms with Crippen LogP contribution in [0.2, 0.25) is 0 Å². The van der Waals surface area contributed by atoms with Gasteiger partial charge in [-0.1, -0.05) is 30.3 Å². The number of pyridine rings is 1. The van der Waals surface area contributed by atoms with Gasteiger partial charge in [-0.2, -0.15) is 0 Å². The normalized spacial score (nSPS) is 21.2. The number of carbonyl (C=O) groups excluding carboxylic acids is 3. The lowest BCUT2D eigenvalue weighted by atomic mass is 9.75. The molecule has 36 heavy (non-hydrogen) atoms. The first-order valence-electron chi connectivity index (χ1n) is 12.7. The summed E-state index contributed by atoms with van der Waals surface area (Å²) in [6, 6.07) is 12.9. The number of piperidine rings is 1. The van der Waals surface area contributed by atoms with Gasteiger partial charge in [-0.15, -0.1) is 0 Å². The molecule has 2 saturated heterocycles. The molecule has 1 unspecified atom stereocenters. The average molecular weight is 493 g/mol. The van der Waals surface area contributed by atoms with Crippen molar-refractivity contribution in [3.05, 3.63) is 66.0 Å². The molecule has 2 aromatic rings. The van der Waals surface area contributed by atoms with Crippen LogP contribution in [0.15, 0.2) is 54.9 Å². The zero-order chi connectivity index (χ0) is 25.5. The Morgan fingerprint density at radius 2 is 1.81 bits per heavy atom.